The van der Waals surface area contributed by atoms with Crippen LogP contribution in [0.2, 0.25) is 0 Å². The first-order valence-corrected chi connectivity index (χ1v) is 6.95. The molecule has 2 heteroatoms. The lowest BCUT2D eigenvalue weighted by Crippen LogP contribution is -2.47. The van der Waals surface area contributed by atoms with Gasteiger partial charge in [0.25, 0.3) is 0 Å². The molecule has 5 fully saturated rings. The Kier molecular flexibility index (Phi) is 1.68. The lowest BCUT2D eigenvalue weighted by molar-refractivity contribution is -0.121. The molecule has 5 rings (SSSR count). The summed E-state index contributed by atoms with van der Waals surface area (Å²) in [6, 6.07) is 0. The van der Waals surface area contributed by atoms with Crippen molar-refractivity contribution in [3.8, 4) is 0 Å². The zero-order valence-electron chi connectivity index (χ0n) is 9.82. The highest BCUT2D eigenvalue weighted by Gasteiger charge is 2.61. The van der Waals surface area contributed by atoms with Gasteiger partial charge in [0.15, 0.2) is 0 Å². The second-order valence-corrected chi connectivity index (χ2v) is 7.13. The van der Waals surface area contributed by atoms with E-state index in [2.05, 4.69) is 0 Å². The average molecular weight is 219 g/mol. The molecule has 5 saturated carbocycles. The summed E-state index contributed by atoms with van der Waals surface area (Å²) in [5.74, 6) is 3.90. The molecule has 0 aromatic heterocycles. The first-order valence-electron chi connectivity index (χ1n) is 6.95. The van der Waals surface area contributed by atoms with E-state index in [1.165, 1.54) is 38.5 Å². The van der Waals surface area contributed by atoms with Crippen molar-refractivity contribution in [2.75, 3.05) is 0 Å². The van der Waals surface area contributed by atoms with Gasteiger partial charge < -0.3 is 5.73 Å². The minimum atomic E-state index is -0.0271. The largest absolute Gasteiger partial charge is 0.369 e. The van der Waals surface area contributed by atoms with Crippen LogP contribution in [-0.2, 0) is 4.79 Å². The maximum Gasteiger partial charge on any atom is 0.220 e. The molecule has 0 heterocycles. The van der Waals surface area contributed by atoms with Crippen LogP contribution in [0.4, 0.5) is 0 Å². The van der Waals surface area contributed by atoms with Gasteiger partial charge in [-0.2, -0.15) is 0 Å². The molecule has 1 amide bonds. The van der Waals surface area contributed by atoms with Crippen molar-refractivity contribution < 1.29 is 4.79 Å². The van der Waals surface area contributed by atoms with Gasteiger partial charge in [0.1, 0.15) is 0 Å². The van der Waals surface area contributed by atoms with Gasteiger partial charge in [-0.15, -0.1) is 0 Å². The van der Waals surface area contributed by atoms with Crippen molar-refractivity contribution in [3.05, 3.63) is 0 Å². The van der Waals surface area contributed by atoms with Gasteiger partial charge in [-0.25, -0.2) is 0 Å². The van der Waals surface area contributed by atoms with Crippen molar-refractivity contribution in [2.24, 2.45) is 40.7 Å². The standard InChI is InChI=1S/C14H21NO/c15-13(16)11-4-12(11)14-5-8-1-9(6-14)3-10(2-8)7-14/h8-12H,1-7H2,(H2,15,16)/t8?,9?,10?,11-,12-,14?/m0/s1. The lowest BCUT2D eigenvalue weighted by Gasteiger charge is -2.57. The van der Waals surface area contributed by atoms with Crippen LogP contribution < -0.4 is 5.73 Å². The summed E-state index contributed by atoms with van der Waals surface area (Å²) in [4.78, 5) is 11.3. The zero-order valence-corrected chi connectivity index (χ0v) is 9.82. The minimum Gasteiger partial charge on any atom is -0.369 e. The number of hydrogen-bond acceptors (Lipinski definition) is 1. The van der Waals surface area contributed by atoms with E-state index in [0.717, 1.165) is 24.2 Å². The molecule has 0 aliphatic heterocycles. The van der Waals surface area contributed by atoms with E-state index in [4.69, 9.17) is 5.73 Å². The maximum absolute atomic E-state index is 11.3. The highest BCUT2D eigenvalue weighted by Crippen LogP contribution is 2.68. The third-order valence-electron chi connectivity index (χ3n) is 6.03. The predicted molar refractivity (Wildman–Crippen MR) is 61.4 cm³/mol. The van der Waals surface area contributed by atoms with Crippen LogP contribution in [0.25, 0.3) is 0 Å². The molecule has 4 bridgehead atoms. The van der Waals surface area contributed by atoms with Crippen LogP contribution in [0.5, 0.6) is 0 Å². The molecule has 0 saturated heterocycles. The van der Waals surface area contributed by atoms with Crippen LogP contribution in [-0.4, -0.2) is 5.91 Å². The van der Waals surface area contributed by atoms with Crippen molar-refractivity contribution in [2.45, 2.75) is 44.9 Å². The molecule has 5 aliphatic carbocycles. The summed E-state index contributed by atoms with van der Waals surface area (Å²) in [5.41, 5.74) is 6.03. The summed E-state index contributed by atoms with van der Waals surface area (Å²) >= 11 is 0. The third kappa shape index (κ3) is 1.16. The maximum atomic E-state index is 11.3. The molecule has 0 unspecified atom stereocenters. The van der Waals surface area contributed by atoms with Crippen LogP contribution in [0, 0.1) is 35.0 Å². The Hall–Kier alpha value is -0.530. The Bertz CT molecular complexity index is 313. The summed E-state index contributed by atoms with van der Waals surface area (Å²) in [7, 11) is 0. The van der Waals surface area contributed by atoms with E-state index in [0.29, 0.717) is 11.3 Å². The molecule has 0 radical (unpaired) electrons. The molecule has 0 spiro atoms. The zero-order chi connectivity index (χ0) is 10.9. The van der Waals surface area contributed by atoms with Crippen LogP contribution in [0.15, 0.2) is 0 Å². The Balaban J connectivity index is 1.61. The van der Waals surface area contributed by atoms with E-state index in [-0.39, 0.29) is 11.8 Å². The van der Waals surface area contributed by atoms with E-state index < -0.39 is 0 Å². The van der Waals surface area contributed by atoms with Crippen LogP contribution in [0.1, 0.15) is 44.9 Å². The first kappa shape index (κ1) is 9.49. The van der Waals surface area contributed by atoms with Crippen molar-refractivity contribution in [1.82, 2.24) is 0 Å². The molecule has 16 heavy (non-hydrogen) atoms. The average Bonchev–Trinajstić information content (AvgIpc) is 2.94. The van der Waals surface area contributed by atoms with Crippen LogP contribution >= 0.6 is 0 Å². The molecule has 0 aromatic rings. The summed E-state index contributed by atoms with van der Waals surface area (Å²) in [6.07, 6.45) is 9.86. The van der Waals surface area contributed by atoms with Crippen molar-refractivity contribution in [1.29, 1.82) is 0 Å². The smallest absolute Gasteiger partial charge is 0.220 e. The number of carbonyl (C=O) groups excluding carboxylic acids is 1. The molecular weight excluding hydrogens is 198 g/mol. The molecule has 0 aromatic carbocycles. The molecule has 5 aliphatic rings. The summed E-state index contributed by atoms with van der Waals surface area (Å²) in [5, 5.41) is 0. The quantitative estimate of drug-likeness (QED) is 0.761. The summed E-state index contributed by atoms with van der Waals surface area (Å²) in [6.45, 7) is 0. The molecule has 2 atom stereocenters. The third-order valence-corrected chi connectivity index (χ3v) is 6.03. The number of rotatable bonds is 2. The monoisotopic (exact) mass is 219 g/mol. The van der Waals surface area contributed by atoms with E-state index >= 15 is 0 Å². The van der Waals surface area contributed by atoms with E-state index in [9.17, 15) is 4.79 Å². The highest BCUT2D eigenvalue weighted by molar-refractivity contribution is 5.79. The van der Waals surface area contributed by atoms with Gasteiger partial charge in [0.05, 0.1) is 0 Å². The van der Waals surface area contributed by atoms with Gasteiger partial charge in [-0.05, 0) is 74.0 Å². The van der Waals surface area contributed by atoms with Gasteiger partial charge >= 0.3 is 0 Å². The fourth-order valence-electron chi connectivity index (χ4n) is 5.82. The van der Waals surface area contributed by atoms with Gasteiger partial charge in [-0.3, -0.25) is 4.79 Å². The second-order valence-electron chi connectivity index (χ2n) is 7.13. The Labute approximate surface area is 97.0 Å². The first-order chi connectivity index (χ1) is 7.66. The molecular formula is C14H21NO. The SMILES string of the molecule is NC(=O)[C@H]1C[C@@H]1C12CC3CC(CC(C3)C1)C2. The Morgan fingerprint density at radius 3 is 1.81 bits per heavy atom. The Morgan fingerprint density at radius 1 is 0.938 bits per heavy atom. The Morgan fingerprint density at radius 2 is 1.44 bits per heavy atom. The van der Waals surface area contributed by atoms with E-state index in [1.54, 1.807) is 0 Å². The highest BCUT2D eigenvalue weighted by atomic mass is 16.1. The minimum absolute atomic E-state index is 0.0271. The number of amides is 1. The molecule has 2 N–H and O–H groups in total. The molecule has 2 nitrogen and oxygen atoms in total. The predicted octanol–water partition coefficient (Wildman–Crippen LogP) is 2.32. The van der Waals surface area contributed by atoms with Gasteiger partial charge in [0.2, 0.25) is 5.91 Å². The van der Waals surface area contributed by atoms with Crippen molar-refractivity contribution >= 4 is 5.91 Å². The van der Waals surface area contributed by atoms with E-state index in [1.807, 2.05) is 0 Å². The van der Waals surface area contributed by atoms with Crippen LogP contribution in [0.3, 0.4) is 0 Å². The number of nitrogens with two attached hydrogens (primary N) is 1. The number of carbonyl (C=O) groups is 1. The van der Waals surface area contributed by atoms with Gasteiger partial charge in [-0.1, -0.05) is 0 Å². The second kappa shape index (κ2) is 2.83. The summed E-state index contributed by atoms with van der Waals surface area (Å²) < 4.78 is 0. The van der Waals surface area contributed by atoms with Gasteiger partial charge in [0, 0.05) is 5.92 Å². The van der Waals surface area contributed by atoms with Crippen molar-refractivity contribution in [3.63, 3.8) is 0 Å². The lowest BCUT2D eigenvalue weighted by atomic mass is 9.48. The number of primary amides is 1. The fraction of sp³-hybridized carbons (Fsp3) is 0.929. The molecule has 88 valence electrons. The normalized spacial score (nSPS) is 57.6. The topological polar surface area (TPSA) is 43.1 Å². The number of hydrogen-bond donors (Lipinski definition) is 1. The fourth-order valence-corrected chi connectivity index (χ4v) is 5.82.